The normalized spacial score (nSPS) is 23.2. The van der Waals surface area contributed by atoms with Gasteiger partial charge in [0.1, 0.15) is 10.9 Å². The van der Waals surface area contributed by atoms with Crippen LogP contribution in [0.3, 0.4) is 0 Å². The molecule has 0 aromatic heterocycles. The van der Waals surface area contributed by atoms with Crippen molar-refractivity contribution >= 4 is 17.7 Å². The molecule has 0 saturated carbocycles. The molecular formula is C13H16O2S. The summed E-state index contributed by atoms with van der Waals surface area (Å²) in [5, 5.41) is -0.0577. The van der Waals surface area contributed by atoms with Crippen molar-refractivity contribution in [3.63, 3.8) is 0 Å². The second-order valence-corrected chi connectivity index (χ2v) is 6.08. The molecule has 0 spiro atoms. The first-order valence-electron chi connectivity index (χ1n) is 5.42. The van der Waals surface area contributed by atoms with Crippen LogP contribution in [0.2, 0.25) is 0 Å². The molecule has 0 aliphatic carbocycles. The van der Waals surface area contributed by atoms with Gasteiger partial charge in [0.2, 0.25) is 0 Å². The van der Waals surface area contributed by atoms with Gasteiger partial charge in [0.15, 0.2) is 0 Å². The first-order chi connectivity index (χ1) is 7.46. The summed E-state index contributed by atoms with van der Waals surface area (Å²) in [6.45, 7) is 5.97. The number of benzene rings is 1. The van der Waals surface area contributed by atoms with Crippen molar-refractivity contribution in [2.45, 2.75) is 42.9 Å². The number of aryl methyl sites for hydroxylation is 1. The minimum atomic E-state index is -0.306. The van der Waals surface area contributed by atoms with E-state index >= 15 is 0 Å². The average molecular weight is 236 g/mol. The Morgan fingerprint density at radius 2 is 1.94 bits per heavy atom. The molecule has 1 atom stereocenters. The topological polar surface area (TPSA) is 26.3 Å². The van der Waals surface area contributed by atoms with Crippen LogP contribution in [-0.2, 0) is 9.53 Å². The third kappa shape index (κ3) is 2.59. The Kier molecular flexibility index (Phi) is 2.98. The van der Waals surface area contributed by atoms with Crippen LogP contribution < -0.4 is 0 Å². The summed E-state index contributed by atoms with van der Waals surface area (Å²) >= 11 is 1.60. The summed E-state index contributed by atoms with van der Waals surface area (Å²) in [6, 6.07) is 8.23. The van der Waals surface area contributed by atoms with Gasteiger partial charge in [-0.2, -0.15) is 0 Å². The fraction of sp³-hybridized carbons (Fsp3) is 0.462. The lowest BCUT2D eigenvalue weighted by molar-refractivity contribution is -0.145. The zero-order valence-electron chi connectivity index (χ0n) is 9.82. The summed E-state index contributed by atoms with van der Waals surface area (Å²) in [4.78, 5) is 12.7. The third-order valence-electron chi connectivity index (χ3n) is 2.62. The van der Waals surface area contributed by atoms with E-state index in [1.54, 1.807) is 11.8 Å². The highest BCUT2D eigenvalue weighted by Gasteiger charge is 2.40. The van der Waals surface area contributed by atoms with E-state index in [9.17, 15) is 4.79 Å². The first kappa shape index (κ1) is 11.5. The highest BCUT2D eigenvalue weighted by molar-refractivity contribution is 8.00. The summed E-state index contributed by atoms with van der Waals surface area (Å²) in [5.41, 5.74) is 0.929. The molecule has 2 nitrogen and oxygen atoms in total. The average Bonchev–Trinajstić information content (AvgIpc) is 2.44. The predicted octanol–water partition coefficient (Wildman–Crippen LogP) is 3.18. The Labute approximate surface area is 100 Å². The highest BCUT2D eigenvalue weighted by Crippen LogP contribution is 2.36. The van der Waals surface area contributed by atoms with E-state index in [1.807, 2.05) is 13.8 Å². The van der Waals surface area contributed by atoms with Crippen LogP contribution >= 0.6 is 11.8 Å². The molecule has 2 rings (SSSR count). The fourth-order valence-corrected chi connectivity index (χ4v) is 3.03. The van der Waals surface area contributed by atoms with Crippen LogP contribution in [0.15, 0.2) is 29.2 Å². The Hall–Kier alpha value is -0.960. The summed E-state index contributed by atoms with van der Waals surface area (Å²) in [6.07, 6.45) is 0.782. The number of esters is 1. The molecule has 86 valence electrons. The van der Waals surface area contributed by atoms with Gasteiger partial charge in [0.25, 0.3) is 0 Å². The number of rotatable bonds is 2. The summed E-state index contributed by atoms with van der Waals surface area (Å²) < 4.78 is 5.30. The molecule has 3 heteroatoms. The van der Waals surface area contributed by atoms with Crippen LogP contribution in [0.5, 0.6) is 0 Å². The van der Waals surface area contributed by atoms with Crippen LogP contribution in [0.4, 0.5) is 0 Å². The van der Waals surface area contributed by atoms with E-state index in [0.29, 0.717) is 0 Å². The molecule has 16 heavy (non-hydrogen) atoms. The molecule has 1 aliphatic rings. The van der Waals surface area contributed by atoms with E-state index in [4.69, 9.17) is 4.74 Å². The van der Waals surface area contributed by atoms with Gasteiger partial charge in [-0.25, -0.2) is 0 Å². The number of carbonyl (C=O) groups excluding carboxylic acids is 1. The van der Waals surface area contributed by atoms with Crippen molar-refractivity contribution in [1.29, 1.82) is 0 Å². The molecule has 1 fully saturated rings. The lowest BCUT2D eigenvalue weighted by Gasteiger charge is -2.14. The van der Waals surface area contributed by atoms with Gasteiger partial charge in [0.05, 0.1) is 0 Å². The molecule has 0 radical (unpaired) electrons. The fourth-order valence-electron chi connectivity index (χ4n) is 1.78. The monoisotopic (exact) mass is 236 g/mol. The largest absolute Gasteiger partial charge is 0.459 e. The second kappa shape index (κ2) is 4.13. The van der Waals surface area contributed by atoms with E-state index < -0.39 is 0 Å². The van der Waals surface area contributed by atoms with Gasteiger partial charge < -0.3 is 4.74 Å². The van der Waals surface area contributed by atoms with Crippen LogP contribution in [0, 0.1) is 6.92 Å². The van der Waals surface area contributed by atoms with Crippen molar-refractivity contribution in [1.82, 2.24) is 0 Å². The Balaban J connectivity index is 2.06. The van der Waals surface area contributed by atoms with Crippen LogP contribution in [0.25, 0.3) is 0 Å². The Morgan fingerprint density at radius 3 is 2.44 bits per heavy atom. The quantitative estimate of drug-likeness (QED) is 0.738. The van der Waals surface area contributed by atoms with E-state index in [0.717, 1.165) is 11.3 Å². The standard InChI is InChI=1S/C13H16O2S/c1-9-4-6-10(7-5-9)16-11-8-13(2,3)15-12(11)14/h4-7,11H,8H2,1-3H3. The number of ether oxygens (including phenoxy) is 1. The summed E-state index contributed by atoms with van der Waals surface area (Å²) in [7, 11) is 0. The molecule has 1 aromatic carbocycles. The molecule has 1 aliphatic heterocycles. The molecule has 1 unspecified atom stereocenters. The maximum atomic E-state index is 11.6. The van der Waals surface area contributed by atoms with E-state index in [-0.39, 0.29) is 16.8 Å². The van der Waals surface area contributed by atoms with Gasteiger partial charge in [-0.3, -0.25) is 4.79 Å². The number of cyclic esters (lactones) is 1. The molecule has 1 heterocycles. The van der Waals surface area contributed by atoms with Crippen LogP contribution in [-0.4, -0.2) is 16.8 Å². The van der Waals surface area contributed by atoms with Gasteiger partial charge in [0, 0.05) is 11.3 Å². The molecule has 1 aromatic rings. The molecule has 1 saturated heterocycles. The smallest absolute Gasteiger partial charge is 0.320 e. The summed E-state index contributed by atoms with van der Waals surface area (Å²) in [5.74, 6) is -0.0874. The molecule has 0 amide bonds. The zero-order chi connectivity index (χ0) is 11.8. The second-order valence-electron chi connectivity index (χ2n) is 4.80. The number of hydrogen-bond acceptors (Lipinski definition) is 3. The first-order valence-corrected chi connectivity index (χ1v) is 6.30. The molecule has 0 N–H and O–H groups in total. The molecule has 0 bridgehead atoms. The number of carbonyl (C=O) groups is 1. The highest BCUT2D eigenvalue weighted by atomic mass is 32.2. The van der Waals surface area contributed by atoms with Gasteiger partial charge in [-0.15, -0.1) is 11.8 Å². The van der Waals surface area contributed by atoms with Crippen molar-refractivity contribution in [2.24, 2.45) is 0 Å². The van der Waals surface area contributed by atoms with Crippen molar-refractivity contribution in [2.75, 3.05) is 0 Å². The van der Waals surface area contributed by atoms with Crippen molar-refractivity contribution in [3.8, 4) is 0 Å². The minimum Gasteiger partial charge on any atom is -0.459 e. The minimum absolute atomic E-state index is 0.0577. The Morgan fingerprint density at radius 1 is 1.31 bits per heavy atom. The lowest BCUT2D eigenvalue weighted by Crippen LogP contribution is -2.17. The zero-order valence-corrected chi connectivity index (χ0v) is 10.6. The SMILES string of the molecule is Cc1ccc(SC2CC(C)(C)OC2=O)cc1. The van der Waals surface area contributed by atoms with Crippen molar-refractivity contribution < 1.29 is 9.53 Å². The van der Waals surface area contributed by atoms with E-state index in [2.05, 4.69) is 31.2 Å². The predicted molar refractivity (Wildman–Crippen MR) is 65.6 cm³/mol. The number of hydrogen-bond donors (Lipinski definition) is 0. The maximum absolute atomic E-state index is 11.6. The van der Waals surface area contributed by atoms with Crippen molar-refractivity contribution in [3.05, 3.63) is 29.8 Å². The Bertz CT molecular complexity index is 395. The van der Waals surface area contributed by atoms with Gasteiger partial charge in [-0.05, 0) is 32.9 Å². The van der Waals surface area contributed by atoms with E-state index in [1.165, 1.54) is 5.56 Å². The molecular weight excluding hydrogens is 220 g/mol. The number of thioether (sulfide) groups is 1. The van der Waals surface area contributed by atoms with Gasteiger partial charge >= 0.3 is 5.97 Å². The maximum Gasteiger partial charge on any atom is 0.320 e. The van der Waals surface area contributed by atoms with Gasteiger partial charge in [-0.1, -0.05) is 17.7 Å². The van der Waals surface area contributed by atoms with Crippen LogP contribution in [0.1, 0.15) is 25.8 Å². The third-order valence-corrected chi connectivity index (χ3v) is 3.80. The lowest BCUT2D eigenvalue weighted by atomic mass is 10.1.